The predicted octanol–water partition coefficient (Wildman–Crippen LogP) is -3.24. The summed E-state index contributed by atoms with van der Waals surface area (Å²) in [4.78, 5) is 20.1. The van der Waals surface area contributed by atoms with Crippen LogP contribution in [0.2, 0.25) is 0 Å². The van der Waals surface area contributed by atoms with E-state index in [2.05, 4.69) is 8.37 Å². The summed E-state index contributed by atoms with van der Waals surface area (Å²) in [5.41, 5.74) is 0. The molecule has 0 atom stereocenters. The Morgan fingerprint density at radius 2 is 0.880 bits per heavy atom. The summed E-state index contributed by atoms with van der Waals surface area (Å²) in [5, 5.41) is -3.47. The summed E-state index contributed by atoms with van der Waals surface area (Å²) < 4.78 is 108. The quantitative estimate of drug-likeness (QED) is 0.198. The van der Waals surface area contributed by atoms with Gasteiger partial charge in [0.15, 0.2) is 10.2 Å². The van der Waals surface area contributed by atoms with Crippen LogP contribution >= 0.6 is 0 Å². The Hall–Kier alpha value is -0.717. The summed E-state index contributed by atoms with van der Waals surface area (Å²) in [6.07, 6.45) is 0. The third kappa shape index (κ3) is 23.3. The molecule has 0 N–H and O–H groups in total. The minimum atomic E-state index is -4.94. The molecule has 0 amide bonds. The maximum atomic E-state index is 10.4. The van der Waals surface area contributed by atoms with Gasteiger partial charge in [-0.1, -0.05) is 0 Å². The molecule has 0 aliphatic rings. The Morgan fingerprint density at radius 1 is 0.680 bits per heavy atom. The Morgan fingerprint density at radius 3 is 1.00 bits per heavy atom. The van der Waals surface area contributed by atoms with Crippen LogP contribution in [0, 0.1) is 0 Å². The van der Waals surface area contributed by atoms with Crippen LogP contribution in [0.1, 0.15) is 13.8 Å². The van der Waals surface area contributed by atoms with Crippen molar-refractivity contribution < 1.29 is 80.2 Å². The summed E-state index contributed by atoms with van der Waals surface area (Å²) in [6, 6.07) is 0. The third-order valence-corrected chi connectivity index (χ3v) is 6.66. The van der Waals surface area contributed by atoms with Gasteiger partial charge >= 0.3 is 51.7 Å². The standard InChI is InChI=1S/2C3H6O7S2.Zn/c2*1-3(4)10-12(8,9)2-11(5,6)7;/h2*2H2,1H3,(H,5,6,7);/q;;+2/p-2. The molecule has 0 aromatic carbocycles. The number of hydrogen-bond donors (Lipinski definition) is 0. The topological polar surface area (TPSA) is 235 Å². The molecular formula is C6H10O14S4Zn. The van der Waals surface area contributed by atoms with E-state index in [1.165, 1.54) is 0 Å². The summed E-state index contributed by atoms with van der Waals surface area (Å²) in [7, 11) is -19.1. The molecule has 0 aromatic heterocycles. The van der Waals surface area contributed by atoms with E-state index >= 15 is 0 Å². The molecule has 0 aliphatic carbocycles. The van der Waals surface area contributed by atoms with Crippen molar-refractivity contribution in [3.05, 3.63) is 0 Å². The van der Waals surface area contributed by atoms with Crippen molar-refractivity contribution in [2.45, 2.75) is 13.8 Å². The van der Waals surface area contributed by atoms with Gasteiger partial charge in [-0.25, -0.2) is 16.8 Å². The molecule has 0 spiro atoms. The van der Waals surface area contributed by atoms with Gasteiger partial charge in [-0.15, -0.1) is 0 Å². The normalized spacial score (nSPS) is 12.0. The van der Waals surface area contributed by atoms with Crippen LogP contribution in [0.5, 0.6) is 0 Å². The second kappa shape index (κ2) is 10.4. The molecule has 144 valence electrons. The van der Waals surface area contributed by atoms with E-state index in [0.29, 0.717) is 0 Å². The zero-order valence-corrected chi connectivity index (χ0v) is 18.7. The van der Waals surface area contributed by atoms with Crippen LogP contribution in [0.25, 0.3) is 0 Å². The van der Waals surface area contributed by atoms with Crippen molar-refractivity contribution >= 4 is 52.4 Å². The molecule has 0 saturated carbocycles. The van der Waals surface area contributed by atoms with Gasteiger partial charge in [0.1, 0.15) is 20.2 Å². The van der Waals surface area contributed by atoms with Crippen molar-refractivity contribution in [1.29, 1.82) is 0 Å². The smallest absolute Gasteiger partial charge is 0.747 e. The average Bonchev–Trinajstić information content (AvgIpc) is 2.02. The minimum Gasteiger partial charge on any atom is -0.747 e. The van der Waals surface area contributed by atoms with E-state index in [1.54, 1.807) is 0 Å². The minimum absolute atomic E-state index is 0. The van der Waals surface area contributed by atoms with Gasteiger partial charge in [-0.3, -0.25) is 9.59 Å². The van der Waals surface area contributed by atoms with E-state index < -0.39 is 62.6 Å². The van der Waals surface area contributed by atoms with Crippen LogP contribution in [0.4, 0.5) is 0 Å². The van der Waals surface area contributed by atoms with Crippen LogP contribution in [-0.4, -0.2) is 64.9 Å². The fraction of sp³-hybridized carbons (Fsp3) is 0.667. The van der Waals surface area contributed by atoms with E-state index in [4.69, 9.17) is 0 Å². The largest absolute Gasteiger partial charge is 2.00 e. The van der Waals surface area contributed by atoms with Crippen molar-refractivity contribution in [2.24, 2.45) is 0 Å². The van der Waals surface area contributed by atoms with Crippen LogP contribution in [-0.2, 0) is 77.9 Å². The first kappa shape index (κ1) is 29.1. The first-order valence-corrected chi connectivity index (χ1v) is 11.3. The van der Waals surface area contributed by atoms with E-state index in [1.807, 2.05) is 0 Å². The molecule has 25 heavy (non-hydrogen) atoms. The van der Waals surface area contributed by atoms with Crippen LogP contribution < -0.4 is 0 Å². The van der Waals surface area contributed by atoms with E-state index in [0.717, 1.165) is 13.8 Å². The molecule has 0 bridgehead atoms. The van der Waals surface area contributed by atoms with Gasteiger partial charge in [-0.2, -0.15) is 16.8 Å². The Balaban J connectivity index is -0.000000372. The molecule has 0 fully saturated rings. The van der Waals surface area contributed by atoms with Crippen molar-refractivity contribution in [2.75, 3.05) is 10.2 Å². The second-order valence-electron chi connectivity index (χ2n) is 3.62. The molecule has 0 rings (SSSR count). The Bertz CT molecular complexity index is 801. The summed E-state index contributed by atoms with van der Waals surface area (Å²) in [5.74, 6) is -2.39. The maximum absolute atomic E-state index is 10.4. The average molecular weight is 500 g/mol. The van der Waals surface area contributed by atoms with Crippen molar-refractivity contribution in [3.63, 3.8) is 0 Å². The zero-order chi connectivity index (χ0) is 20.0. The molecule has 0 unspecified atom stereocenters. The predicted molar refractivity (Wildman–Crippen MR) is 70.5 cm³/mol. The monoisotopic (exact) mass is 498 g/mol. The molecule has 0 aliphatic heterocycles. The van der Waals surface area contributed by atoms with Gasteiger partial charge in [-0.05, 0) is 0 Å². The maximum Gasteiger partial charge on any atom is 2.00 e. The molecule has 14 nitrogen and oxygen atoms in total. The van der Waals surface area contributed by atoms with Crippen molar-refractivity contribution in [1.82, 2.24) is 0 Å². The Labute approximate surface area is 156 Å². The molecule has 0 heterocycles. The number of rotatable bonds is 6. The molecular weight excluding hydrogens is 490 g/mol. The molecule has 0 aromatic rings. The van der Waals surface area contributed by atoms with E-state index in [9.17, 15) is 52.4 Å². The van der Waals surface area contributed by atoms with Gasteiger partial charge in [0.25, 0.3) is 0 Å². The zero-order valence-electron chi connectivity index (χ0n) is 12.5. The molecule has 0 saturated heterocycles. The van der Waals surface area contributed by atoms with Gasteiger partial charge in [0.05, 0.1) is 0 Å². The second-order valence-corrected chi connectivity index (χ2v) is 10.3. The van der Waals surface area contributed by atoms with Crippen molar-refractivity contribution in [3.8, 4) is 0 Å². The van der Waals surface area contributed by atoms with Crippen LogP contribution in [0.15, 0.2) is 0 Å². The van der Waals surface area contributed by atoms with Gasteiger partial charge in [0, 0.05) is 13.8 Å². The first-order valence-electron chi connectivity index (χ1n) is 4.97. The van der Waals surface area contributed by atoms with Crippen LogP contribution in [0.3, 0.4) is 0 Å². The fourth-order valence-electron chi connectivity index (χ4n) is 0.759. The van der Waals surface area contributed by atoms with Gasteiger partial charge < -0.3 is 17.5 Å². The third-order valence-electron chi connectivity index (χ3n) is 1.07. The fourth-order valence-corrected chi connectivity index (χ4v) is 4.69. The SMILES string of the molecule is CC(=O)OS(=O)(=O)CS(=O)(=O)[O-].CC(=O)OS(=O)(=O)CS(=O)(=O)[O-].[Zn+2]. The Kier molecular flexibility index (Phi) is 12.1. The van der Waals surface area contributed by atoms with Gasteiger partial charge in [0.2, 0.25) is 0 Å². The number of carbonyl (C=O) groups excluding carboxylic acids is 2. The van der Waals surface area contributed by atoms with E-state index in [-0.39, 0.29) is 19.5 Å². The molecule has 19 heteroatoms. The summed E-state index contributed by atoms with van der Waals surface area (Å²) in [6.45, 7) is 1.55. The first-order chi connectivity index (χ1) is 10.2. The number of hydrogen-bond acceptors (Lipinski definition) is 14. The molecule has 0 radical (unpaired) electrons. The summed E-state index contributed by atoms with van der Waals surface area (Å²) >= 11 is 0. The number of carbonyl (C=O) groups is 2.